The molecule has 0 spiro atoms. The van der Waals surface area contributed by atoms with Crippen LogP contribution < -0.4 is 0 Å². The molecule has 0 N–H and O–H groups in total. The van der Waals surface area contributed by atoms with Gasteiger partial charge in [0.25, 0.3) is 0 Å². The molecule has 0 aromatic carbocycles. The maximum absolute atomic E-state index is 4.60. The normalized spacial score (nSPS) is 30.5. The van der Waals surface area contributed by atoms with Crippen molar-refractivity contribution in [1.82, 2.24) is 4.90 Å². The average Bonchev–Trinajstić information content (AvgIpc) is 1.80. The minimum atomic E-state index is 0.300. The number of likely N-dealkylation sites (tertiary alicyclic amines) is 1. The maximum Gasteiger partial charge on any atom is 0.0165 e. The first-order chi connectivity index (χ1) is 5.26. The van der Waals surface area contributed by atoms with Crippen molar-refractivity contribution in [1.29, 1.82) is 0 Å². The van der Waals surface area contributed by atoms with E-state index < -0.39 is 0 Å². The van der Waals surface area contributed by atoms with E-state index >= 15 is 0 Å². The van der Waals surface area contributed by atoms with Gasteiger partial charge in [-0.1, -0.05) is 0 Å². The van der Waals surface area contributed by atoms with Crippen LogP contribution in [0.5, 0.6) is 0 Å². The lowest BCUT2D eigenvalue weighted by Crippen LogP contribution is -2.58. The highest BCUT2D eigenvalue weighted by Gasteiger charge is 2.41. The van der Waals surface area contributed by atoms with Gasteiger partial charge in [-0.3, -0.25) is 4.90 Å². The zero-order valence-electron chi connectivity index (χ0n) is 8.89. The summed E-state index contributed by atoms with van der Waals surface area (Å²) in [6.45, 7) is 9.21. The molecule has 1 aliphatic heterocycles. The molecule has 1 aliphatic rings. The molecular weight excluding hydrogens is 166 g/mol. The predicted octanol–water partition coefficient (Wildman–Crippen LogP) is 2.57. The van der Waals surface area contributed by atoms with Gasteiger partial charge in [0.2, 0.25) is 0 Å². The Labute approximate surface area is 81.9 Å². The molecule has 1 rings (SSSR count). The molecule has 0 radical (unpaired) electrons. The molecule has 1 nitrogen and oxygen atoms in total. The van der Waals surface area contributed by atoms with Crippen LogP contribution in [-0.4, -0.2) is 28.3 Å². The van der Waals surface area contributed by atoms with Gasteiger partial charge in [-0.2, -0.15) is 12.6 Å². The van der Waals surface area contributed by atoms with Crippen LogP contribution >= 0.6 is 12.6 Å². The van der Waals surface area contributed by atoms with E-state index in [0.29, 0.717) is 16.3 Å². The number of nitrogens with zero attached hydrogens (tertiary/aromatic N) is 1. The van der Waals surface area contributed by atoms with Crippen molar-refractivity contribution >= 4 is 12.6 Å². The third-order valence-electron chi connectivity index (χ3n) is 3.29. The highest BCUT2D eigenvalue weighted by Crippen LogP contribution is 2.38. The molecule has 0 atom stereocenters. The third kappa shape index (κ3) is 1.80. The molecule has 1 fully saturated rings. The minimum absolute atomic E-state index is 0.300. The number of rotatable bonds is 0. The Balaban J connectivity index is 2.84. The minimum Gasteiger partial charge on any atom is -0.296 e. The van der Waals surface area contributed by atoms with Crippen molar-refractivity contribution in [2.45, 2.75) is 56.9 Å². The summed E-state index contributed by atoms with van der Waals surface area (Å²) in [6, 6.07) is 0. The van der Waals surface area contributed by atoms with Crippen LogP contribution in [-0.2, 0) is 0 Å². The van der Waals surface area contributed by atoms with Crippen LogP contribution in [0.2, 0.25) is 0 Å². The summed E-state index contributed by atoms with van der Waals surface area (Å²) < 4.78 is 0. The summed E-state index contributed by atoms with van der Waals surface area (Å²) in [5.41, 5.74) is 0.600. The van der Waals surface area contributed by atoms with Crippen molar-refractivity contribution in [2.24, 2.45) is 0 Å². The van der Waals surface area contributed by atoms with Crippen molar-refractivity contribution in [2.75, 3.05) is 7.05 Å². The van der Waals surface area contributed by atoms with E-state index in [2.05, 4.69) is 52.3 Å². The Bertz CT molecular complexity index is 157. The topological polar surface area (TPSA) is 3.24 Å². The smallest absolute Gasteiger partial charge is 0.0165 e. The first-order valence-electron chi connectivity index (χ1n) is 4.68. The van der Waals surface area contributed by atoms with Gasteiger partial charge in [0, 0.05) is 16.3 Å². The van der Waals surface area contributed by atoms with Gasteiger partial charge in [0.15, 0.2) is 0 Å². The lowest BCUT2D eigenvalue weighted by Gasteiger charge is -2.52. The molecule has 0 aromatic heterocycles. The second kappa shape index (κ2) is 2.91. The van der Waals surface area contributed by atoms with Crippen molar-refractivity contribution in [3.05, 3.63) is 0 Å². The molecule has 12 heavy (non-hydrogen) atoms. The molecule has 0 amide bonds. The van der Waals surface area contributed by atoms with E-state index in [1.807, 2.05) is 0 Å². The Morgan fingerprint density at radius 2 is 1.42 bits per heavy atom. The van der Waals surface area contributed by atoms with E-state index in [4.69, 9.17) is 0 Å². The average molecular weight is 187 g/mol. The highest BCUT2D eigenvalue weighted by molar-refractivity contribution is 7.80. The summed E-state index contributed by atoms with van der Waals surface area (Å²) in [5, 5.41) is 0.561. The molecule has 1 saturated heterocycles. The fourth-order valence-electron chi connectivity index (χ4n) is 2.32. The van der Waals surface area contributed by atoms with Gasteiger partial charge in [0.05, 0.1) is 0 Å². The second-order valence-corrected chi connectivity index (χ2v) is 5.98. The fraction of sp³-hybridized carbons (Fsp3) is 1.00. The molecule has 1 heterocycles. The Morgan fingerprint density at radius 3 is 1.75 bits per heavy atom. The van der Waals surface area contributed by atoms with Crippen LogP contribution in [0.4, 0.5) is 0 Å². The van der Waals surface area contributed by atoms with E-state index in [-0.39, 0.29) is 0 Å². The van der Waals surface area contributed by atoms with Crippen molar-refractivity contribution < 1.29 is 0 Å². The van der Waals surface area contributed by atoms with Gasteiger partial charge in [0.1, 0.15) is 0 Å². The number of piperidine rings is 1. The molecule has 2 heteroatoms. The van der Waals surface area contributed by atoms with Gasteiger partial charge in [-0.05, 0) is 47.6 Å². The molecule has 0 aromatic rings. The van der Waals surface area contributed by atoms with Gasteiger partial charge >= 0.3 is 0 Å². The standard InChI is InChI=1S/C10H21NS/c1-9(2)6-8(12)7-10(3,4)11(9)5/h8,12H,6-7H2,1-5H3. The van der Waals surface area contributed by atoms with E-state index in [1.165, 1.54) is 12.8 Å². The fourth-order valence-corrected chi connectivity index (χ4v) is 3.21. The molecule has 0 saturated carbocycles. The summed E-state index contributed by atoms with van der Waals surface area (Å²) in [5.74, 6) is 0. The highest BCUT2D eigenvalue weighted by atomic mass is 32.1. The number of thiol groups is 1. The van der Waals surface area contributed by atoms with Crippen LogP contribution in [0, 0.1) is 0 Å². The molecular formula is C10H21NS. The van der Waals surface area contributed by atoms with Crippen LogP contribution in [0.15, 0.2) is 0 Å². The quantitative estimate of drug-likeness (QED) is 0.570. The zero-order valence-corrected chi connectivity index (χ0v) is 9.78. The molecule has 72 valence electrons. The summed E-state index contributed by atoms with van der Waals surface area (Å²) in [6.07, 6.45) is 2.38. The monoisotopic (exact) mass is 187 g/mol. The first kappa shape index (κ1) is 10.4. The van der Waals surface area contributed by atoms with E-state index in [1.54, 1.807) is 0 Å². The maximum atomic E-state index is 4.60. The summed E-state index contributed by atoms with van der Waals surface area (Å²) >= 11 is 4.60. The van der Waals surface area contributed by atoms with Crippen LogP contribution in [0.25, 0.3) is 0 Å². The van der Waals surface area contributed by atoms with Gasteiger partial charge in [-0.25, -0.2) is 0 Å². The third-order valence-corrected chi connectivity index (χ3v) is 3.65. The summed E-state index contributed by atoms with van der Waals surface area (Å²) in [4.78, 5) is 2.48. The Kier molecular flexibility index (Phi) is 2.52. The van der Waals surface area contributed by atoms with E-state index in [9.17, 15) is 0 Å². The molecule has 0 bridgehead atoms. The number of hydrogen-bond donors (Lipinski definition) is 1. The SMILES string of the molecule is CN1C(C)(C)CC(S)CC1(C)C. The molecule has 0 aliphatic carbocycles. The Morgan fingerprint density at radius 1 is 1.08 bits per heavy atom. The van der Waals surface area contributed by atoms with Gasteiger partial charge in [-0.15, -0.1) is 0 Å². The second-order valence-electron chi connectivity index (χ2n) is 5.25. The first-order valence-corrected chi connectivity index (χ1v) is 5.19. The number of hydrogen-bond acceptors (Lipinski definition) is 2. The lowest BCUT2D eigenvalue weighted by molar-refractivity contribution is 0.00161. The van der Waals surface area contributed by atoms with Crippen molar-refractivity contribution in [3.8, 4) is 0 Å². The lowest BCUT2D eigenvalue weighted by atomic mass is 9.80. The van der Waals surface area contributed by atoms with E-state index in [0.717, 1.165) is 0 Å². The molecule has 0 unspecified atom stereocenters. The summed E-state index contributed by atoms with van der Waals surface area (Å²) in [7, 11) is 2.22. The Hall–Kier alpha value is 0.310. The van der Waals surface area contributed by atoms with Crippen LogP contribution in [0.3, 0.4) is 0 Å². The van der Waals surface area contributed by atoms with Crippen LogP contribution in [0.1, 0.15) is 40.5 Å². The van der Waals surface area contributed by atoms with Crippen molar-refractivity contribution in [3.63, 3.8) is 0 Å². The zero-order chi connectivity index (χ0) is 9.57. The van der Waals surface area contributed by atoms with Gasteiger partial charge < -0.3 is 0 Å². The largest absolute Gasteiger partial charge is 0.296 e. The predicted molar refractivity (Wildman–Crippen MR) is 57.9 cm³/mol.